The molecule has 0 saturated heterocycles. The normalized spacial score (nSPS) is 11.1. The summed E-state index contributed by atoms with van der Waals surface area (Å²) in [5, 5.41) is 5.14. The monoisotopic (exact) mass is 445 g/mol. The van der Waals surface area contributed by atoms with Crippen LogP contribution in [0.5, 0.6) is 0 Å². The maximum absolute atomic E-state index is 13.2. The Morgan fingerprint density at radius 2 is 1.75 bits per heavy atom. The molecule has 1 amide bonds. The van der Waals surface area contributed by atoms with E-state index in [2.05, 4.69) is 36.3 Å². The van der Waals surface area contributed by atoms with Crippen molar-refractivity contribution in [2.24, 2.45) is 0 Å². The summed E-state index contributed by atoms with van der Waals surface area (Å²) in [5.41, 5.74) is 3.86. The van der Waals surface area contributed by atoms with Crippen LogP contribution in [0.25, 0.3) is 21.3 Å². The lowest BCUT2D eigenvalue weighted by molar-refractivity contribution is -0.114. The molecule has 0 aliphatic carbocycles. The highest BCUT2D eigenvalue weighted by molar-refractivity contribution is 7.17. The van der Waals surface area contributed by atoms with E-state index in [4.69, 9.17) is 0 Å². The standard InChI is InChI=1S/C25H23N3O3S/c1-15(2)17-4-6-18(7-5-17)21-13-32-24-23(21)25(31)28(14-26-24)12-22(30)19-8-10-20(11-9-19)27-16(3)29/h4-11,13-15H,12H2,1-3H3,(H,27,29). The minimum atomic E-state index is -0.234. The van der Waals surface area contributed by atoms with Crippen LogP contribution in [0.4, 0.5) is 5.69 Å². The topological polar surface area (TPSA) is 81.1 Å². The predicted molar refractivity (Wildman–Crippen MR) is 128 cm³/mol. The van der Waals surface area contributed by atoms with Crippen LogP contribution in [0, 0.1) is 0 Å². The van der Waals surface area contributed by atoms with Gasteiger partial charge in [-0.15, -0.1) is 11.3 Å². The number of nitrogens with one attached hydrogen (secondary N) is 1. The number of Topliss-reactive ketones (excluding diaryl/α,β-unsaturated/α-hetero) is 1. The summed E-state index contributed by atoms with van der Waals surface area (Å²) in [4.78, 5) is 42.2. The van der Waals surface area contributed by atoms with Gasteiger partial charge in [-0.2, -0.15) is 0 Å². The quantitative estimate of drug-likeness (QED) is 0.419. The predicted octanol–water partition coefficient (Wildman–Crippen LogP) is 5.09. The number of fused-ring (bicyclic) bond motifs is 1. The molecule has 0 aliphatic rings. The molecule has 0 saturated carbocycles. The Bertz CT molecular complexity index is 1350. The SMILES string of the molecule is CC(=O)Nc1ccc(C(=O)Cn2cnc3scc(-c4ccc(C(C)C)cc4)c3c2=O)cc1. The molecule has 0 aliphatic heterocycles. The van der Waals surface area contributed by atoms with Crippen molar-refractivity contribution in [1.82, 2.24) is 9.55 Å². The zero-order valence-electron chi connectivity index (χ0n) is 18.1. The van der Waals surface area contributed by atoms with Gasteiger partial charge >= 0.3 is 0 Å². The fourth-order valence-corrected chi connectivity index (χ4v) is 4.44. The molecule has 0 fully saturated rings. The van der Waals surface area contributed by atoms with E-state index in [0.29, 0.717) is 27.4 Å². The number of thiophene rings is 1. The Hall–Kier alpha value is -3.58. The molecule has 4 rings (SSSR count). The summed E-state index contributed by atoms with van der Waals surface area (Å²) in [7, 11) is 0. The van der Waals surface area contributed by atoms with Gasteiger partial charge in [-0.3, -0.25) is 19.0 Å². The van der Waals surface area contributed by atoms with Gasteiger partial charge in [0.15, 0.2) is 5.78 Å². The van der Waals surface area contributed by atoms with Gasteiger partial charge in [-0.05, 0) is 41.3 Å². The van der Waals surface area contributed by atoms with Gasteiger partial charge in [0, 0.05) is 29.1 Å². The zero-order chi connectivity index (χ0) is 22.8. The first kappa shape index (κ1) is 21.6. The van der Waals surface area contributed by atoms with Gasteiger partial charge in [0.1, 0.15) is 4.83 Å². The van der Waals surface area contributed by atoms with Gasteiger partial charge in [-0.1, -0.05) is 38.1 Å². The average molecular weight is 446 g/mol. The summed E-state index contributed by atoms with van der Waals surface area (Å²) < 4.78 is 1.35. The molecule has 6 nitrogen and oxygen atoms in total. The third kappa shape index (κ3) is 4.38. The maximum atomic E-state index is 13.2. The number of carbonyl (C=O) groups is 2. The van der Waals surface area contributed by atoms with Crippen molar-refractivity contribution < 1.29 is 9.59 Å². The molecule has 0 unspecified atom stereocenters. The van der Waals surface area contributed by atoms with Gasteiger partial charge in [-0.25, -0.2) is 4.98 Å². The van der Waals surface area contributed by atoms with Crippen LogP contribution in [0.2, 0.25) is 0 Å². The molecule has 2 aromatic carbocycles. The first-order valence-electron chi connectivity index (χ1n) is 10.3. The number of aromatic nitrogens is 2. The molecular weight excluding hydrogens is 422 g/mol. The first-order chi connectivity index (χ1) is 15.3. The highest BCUT2D eigenvalue weighted by Crippen LogP contribution is 2.31. The molecule has 2 aromatic heterocycles. The van der Waals surface area contributed by atoms with E-state index in [-0.39, 0.29) is 23.8 Å². The highest BCUT2D eigenvalue weighted by Gasteiger charge is 2.16. The number of amides is 1. The van der Waals surface area contributed by atoms with E-state index in [0.717, 1.165) is 11.1 Å². The van der Waals surface area contributed by atoms with Gasteiger partial charge in [0.2, 0.25) is 5.91 Å². The largest absolute Gasteiger partial charge is 0.326 e. The second-order valence-corrected chi connectivity index (χ2v) is 8.82. The van der Waals surface area contributed by atoms with Gasteiger partial charge < -0.3 is 5.32 Å². The third-order valence-corrected chi connectivity index (χ3v) is 6.18. The van der Waals surface area contributed by atoms with Crippen LogP contribution < -0.4 is 10.9 Å². The molecule has 1 N–H and O–H groups in total. The lowest BCUT2D eigenvalue weighted by atomic mass is 9.99. The molecule has 162 valence electrons. The van der Waals surface area contributed by atoms with Crippen LogP contribution >= 0.6 is 11.3 Å². The number of nitrogens with zero attached hydrogens (tertiary/aromatic N) is 2. The van der Waals surface area contributed by atoms with E-state index in [1.165, 1.54) is 34.7 Å². The lowest BCUT2D eigenvalue weighted by Crippen LogP contribution is -2.24. The summed E-state index contributed by atoms with van der Waals surface area (Å²) >= 11 is 1.42. The number of rotatable bonds is 6. The summed E-state index contributed by atoms with van der Waals surface area (Å²) in [6.07, 6.45) is 1.43. The summed E-state index contributed by atoms with van der Waals surface area (Å²) in [6.45, 7) is 5.60. The third-order valence-electron chi connectivity index (χ3n) is 5.29. The van der Waals surface area contributed by atoms with Crippen LogP contribution in [0.1, 0.15) is 42.6 Å². The van der Waals surface area contributed by atoms with Crippen LogP contribution in [0.3, 0.4) is 0 Å². The van der Waals surface area contributed by atoms with Crippen molar-refractivity contribution in [1.29, 1.82) is 0 Å². The molecule has 0 atom stereocenters. The van der Waals surface area contributed by atoms with Crippen LogP contribution in [0.15, 0.2) is 65.0 Å². The maximum Gasteiger partial charge on any atom is 0.263 e. The number of carbonyl (C=O) groups excluding carboxylic acids is 2. The molecule has 0 spiro atoms. The van der Waals surface area contributed by atoms with Crippen molar-refractivity contribution >= 4 is 38.9 Å². The number of hydrogen-bond acceptors (Lipinski definition) is 5. The molecule has 2 heterocycles. The number of benzene rings is 2. The smallest absolute Gasteiger partial charge is 0.263 e. The van der Waals surface area contributed by atoms with Crippen molar-refractivity contribution in [2.75, 3.05) is 5.32 Å². The Balaban J connectivity index is 1.63. The van der Waals surface area contributed by atoms with E-state index >= 15 is 0 Å². The Labute approximate surface area is 189 Å². The molecule has 32 heavy (non-hydrogen) atoms. The number of anilines is 1. The minimum Gasteiger partial charge on any atom is -0.326 e. The van der Waals surface area contributed by atoms with E-state index < -0.39 is 0 Å². The van der Waals surface area contributed by atoms with E-state index in [9.17, 15) is 14.4 Å². The van der Waals surface area contributed by atoms with Crippen molar-refractivity contribution in [2.45, 2.75) is 33.2 Å². The van der Waals surface area contributed by atoms with E-state index in [1.807, 2.05) is 17.5 Å². The van der Waals surface area contributed by atoms with Gasteiger partial charge in [0.05, 0.1) is 18.3 Å². The fraction of sp³-hybridized carbons (Fsp3) is 0.200. The second kappa shape index (κ2) is 8.88. The highest BCUT2D eigenvalue weighted by atomic mass is 32.1. The Morgan fingerprint density at radius 3 is 2.38 bits per heavy atom. The molecule has 0 bridgehead atoms. The lowest BCUT2D eigenvalue weighted by Gasteiger charge is -2.08. The van der Waals surface area contributed by atoms with Crippen LogP contribution in [-0.4, -0.2) is 21.2 Å². The first-order valence-corrected chi connectivity index (χ1v) is 11.2. The van der Waals surface area contributed by atoms with E-state index in [1.54, 1.807) is 24.3 Å². The van der Waals surface area contributed by atoms with Crippen molar-refractivity contribution in [3.05, 3.63) is 81.7 Å². The van der Waals surface area contributed by atoms with Gasteiger partial charge in [0.25, 0.3) is 5.56 Å². The number of ketones is 1. The van der Waals surface area contributed by atoms with Crippen LogP contribution in [-0.2, 0) is 11.3 Å². The Kier molecular flexibility index (Phi) is 6.01. The molecule has 4 aromatic rings. The summed E-state index contributed by atoms with van der Waals surface area (Å²) in [6, 6.07) is 14.8. The fourth-order valence-electron chi connectivity index (χ4n) is 3.53. The second-order valence-electron chi connectivity index (χ2n) is 7.97. The number of hydrogen-bond donors (Lipinski definition) is 1. The molecule has 0 radical (unpaired) electrons. The minimum absolute atomic E-state index is 0.108. The molecule has 7 heteroatoms. The zero-order valence-corrected chi connectivity index (χ0v) is 18.9. The van der Waals surface area contributed by atoms with Crippen molar-refractivity contribution in [3.63, 3.8) is 0 Å². The Morgan fingerprint density at radius 1 is 1.06 bits per heavy atom. The summed E-state index contributed by atoms with van der Waals surface area (Å²) in [5.74, 6) is 0.0431. The average Bonchev–Trinajstić information content (AvgIpc) is 3.21. The van der Waals surface area contributed by atoms with Crippen molar-refractivity contribution in [3.8, 4) is 11.1 Å². The molecular formula is C25H23N3O3S.